The van der Waals surface area contributed by atoms with Gasteiger partial charge in [0.1, 0.15) is 0 Å². The average Bonchev–Trinajstić information content (AvgIpc) is 2.50. The molecule has 1 aromatic rings. The SMILES string of the molecule is C[C@@H](OC(=O)C1CCCCC1)C(=O)Nc1ncc(Cl)cc1Cl. The largest absolute Gasteiger partial charge is 0.452 e. The van der Waals surface area contributed by atoms with Crippen molar-refractivity contribution in [2.75, 3.05) is 5.32 Å². The molecule has 0 radical (unpaired) electrons. The summed E-state index contributed by atoms with van der Waals surface area (Å²) in [4.78, 5) is 28.0. The highest BCUT2D eigenvalue weighted by atomic mass is 35.5. The minimum absolute atomic E-state index is 0.0961. The Hall–Kier alpha value is -1.33. The van der Waals surface area contributed by atoms with Crippen molar-refractivity contribution in [3.8, 4) is 0 Å². The molecule has 120 valence electrons. The maximum atomic E-state index is 12.0. The second-order valence-electron chi connectivity index (χ2n) is 5.39. The molecule has 0 aromatic carbocycles. The maximum Gasteiger partial charge on any atom is 0.309 e. The average molecular weight is 345 g/mol. The van der Waals surface area contributed by atoms with Crippen LogP contribution in [0.5, 0.6) is 0 Å². The minimum atomic E-state index is -0.900. The molecule has 0 saturated heterocycles. The number of rotatable bonds is 4. The quantitative estimate of drug-likeness (QED) is 0.842. The van der Waals surface area contributed by atoms with Crippen LogP contribution in [0.3, 0.4) is 0 Å². The maximum absolute atomic E-state index is 12.0. The van der Waals surface area contributed by atoms with Crippen LogP contribution < -0.4 is 5.32 Å². The summed E-state index contributed by atoms with van der Waals surface area (Å²) in [6, 6.07) is 1.48. The Morgan fingerprint density at radius 1 is 1.32 bits per heavy atom. The number of hydrogen-bond acceptors (Lipinski definition) is 4. The molecule has 1 aliphatic carbocycles. The van der Waals surface area contributed by atoms with Gasteiger partial charge in [0.2, 0.25) is 0 Å². The molecule has 0 bridgehead atoms. The number of carbonyl (C=O) groups is 2. The predicted molar refractivity (Wildman–Crippen MR) is 85.0 cm³/mol. The van der Waals surface area contributed by atoms with Crippen molar-refractivity contribution in [1.29, 1.82) is 0 Å². The number of esters is 1. The van der Waals surface area contributed by atoms with Crippen molar-refractivity contribution < 1.29 is 14.3 Å². The number of hydrogen-bond donors (Lipinski definition) is 1. The first-order chi connectivity index (χ1) is 10.5. The Bertz CT molecular complexity index is 560. The number of amides is 1. The molecule has 1 atom stereocenters. The molecule has 1 saturated carbocycles. The number of pyridine rings is 1. The molecule has 1 aromatic heterocycles. The number of ether oxygens (including phenoxy) is 1. The Morgan fingerprint density at radius 3 is 2.64 bits per heavy atom. The molecule has 1 fully saturated rings. The molecule has 1 N–H and O–H groups in total. The Kier molecular flexibility index (Phi) is 6.03. The van der Waals surface area contributed by atoms with E-state index in [0.717, 1.165) is 32.1 Å². The first-order valence-corrected chi connectivity index (χ1v) is 8.05. The number of carbonyl (C=O) groups excluding carboxylic acids is 2. The third kappa shape index (κ3) is 4.58. The third-order valence-corrected chi connectivity index (χ3v) is 4.14. The highest BCUT2D eigenvalue weighted by molar-refractivity contribution is 6.36. The van der Waals surface area contributed by atoms with E-state index in [9.17, 15) is 9.59 Å². The number of nitrogens with zero attached hydrogens (tertiary/aromatic N) is 1. The lowest BCUT2D eigenvalue weighted by Gasteiger charge is -2.22. The van der Waals surface area contributed by atoms with Gasteiger partial charge in [-0.15, -0.1) is 0 Å². The van der Waals surface area contributed by atoms with Gasteiger partial charge in [0.05, 0.1) is 16.0 Å². The second-order valence-corrected chi connectivity index (χ2v) is 6.23. The van der Waals surface area contributed by atoms with E-state index in [1.54, 1.807) is 0 Å². The molecule has 0 unspecified atom stereocenters. The van der Waals surface area contributed by atoms with Gasteiger partial charge in [-0.1, -0.05) is 42.5 Å². The van der Waals surface area contributed by atoms with Gasteiger partial charge in [0.15, 0.2) is 11.9 Å². The van der Waals surface area contributed by atoms with Gasteiger partial charge in [0.25, 0.3) is 5.91 Å². The summed E-state index contributed by atoms with van der Waals surface area (Å²) in [6.07, 6.45) is 5.36. The first-order valence-electron chi connectivity index (χ1n) is 7.30. The van der Waals surface area contributed by atoms with E-state index in [2.05, 4.69) is 10.3 Å². The zero-order valence-electron chi connectivity index (χ0n) is 12.3. The van der Waals surface area contributed by atoms with Crippen molar-refractivity contribution in [1.82, 2.24) is 4.98 Å². The van der Waals surface area contributed by atoms with E-state index in [1.165, 1.54) is 19.2 Å². The van der Waals surface area contributed by atoms with Gasteiger partial charge in [-0.25, -0.2) is 4.98 Å². The molecule has 7 heteroatoms. The van der Waals surface area contributed by atoms with Crippen LogP contribution in [0.25, 0.3) is 0 Å². The van der Waals surface area contributed by atoms with Crippen LogP contribution in [0.4, 0.5) is 5.82 Å². The van der Waals surface area contributed by atoms with Crippen LogP contribution in [0.1, 0.15) is 39.0 Å². The summed E-state index contributed by atoms with van der Waals surface area (Å²) in [6.45, 7) is 1.53. The smallest absolute Gasteiger partial charge is 0.309 e. The lowest BCUT2D eigenvalue weighted by molar-refractivity contribution is -0.158. The molecule has 1 heterocycles. The lowest BCUT2D eigenvalue weighted by Crippen LogP contribution is -2.33. The van der Waals surface area contributed by atoms with Crippen LogP contribution in [-0.4, -0.2) is 23.0 Å². The van der Waals surface area contributed by atoms with Gasteiger partial charge >= 0.3 is 5.97 Å². The fourth-order valence-corrected chi connectivity index (χ4v) is 2.81. The number of anilines is 1. The number of nitrogens with one attached hydrogen (secondary N) is 1. The molecule has 1 aliphatic rings. The molecular weight excluding hydrogens is 327 g/mol. The Labute approximate surface area is 139 Å². The molecule has 0 aliphatic heterocycles. The van der Waals surface area contributed by atoms with Crippen molar-refractivity contribution >= 4 is 40.9 Å². The highest BCUT2D eigenvalue weighted by Crippen LogP contribution is 2.25. The number of halogens is 2. The highest BCUT2D eigenvalue weighted by Gasteiger charge is 2.26. The Balaban J connectivity index is 1.89. The van der Waals surface area contributed by atoms with Crippen LogP contribution >= 0.6 is 23.2 Å². The van der Waals surface area contributed by atoms with Crippen molar-refractivity contribution in [3.63, 3.8) is 0 Å². The van der Waals surface area contributed by atoms with Crippen molar-refractivity contribution in [3.05, 3.63) is 22.3 Å². The fraction of sp³-hybridized carbons (Fsp3) is 0.533. The van der Waals surface area contributed by atoms with E-state index >= 15 is 0 Å². The van der Waals surface area contributed by atoms with E-state index in [0.29, 0.717) is 5.02 Å². The molecule has 5 nitrogen and oxygen atoms in total. The van der Waals surface area contributed by atoms with Crippen molar-refractivity contribution in [2.24, 2.45) is 5.92 Å². The van der Waals surface area contributed by atoms with Crippen LogP contribution in [0, 0.1) is 5.92 Å². The Morgan fingerprint density at radius 2 is 2.00 bits per heavy atom. The van der Waals surface area contributed by atoms with E-state index in [1.807, 2.05) is 0 Å². The first kappa shape index (κ1) is 17.0. The van der Waals surface area contributed by atoms with Gasteiger partial charge in [-0.2, -0.15) is 0 Å². The molecule has 1 amide bonds. The van der Waals surface area contributed by atoms with Crippen molar-refractivity contribution in [2.45, 2.75) is 45.1 Å². The summed E-state index contributed by atoms with van der Waals surface area (Å²) >= 11 is 11.7. The topological polar surface area (TPSA) is 68.3 Å². The predicted octanol–water partition coefficient (Wildman–Crippen LogP) is 3.84. The normalized spacial score (nSPS) is 16.9. The third-order valence-electron chi connectivity index (χ3n) is 3.65. The van der Waals surface area contributed by atoms with Crippen LogP contribution in [-0.2, 0) is 14.3 Å². The summed E-state index contributed by atoms with van der Waals surface area (Å²) in [5.41, 5.74) is 0. The van der Waals surface area contributed by atoms with E-state index in [-0.39, 0.29) is 22.7 Å². The summed E-state index contributed by atoms with van der Waals surface area (Å²) in [5.74, 6) is -0.684. The number of aromatic nitrogens is 1. The van der Waals surface area contributed by atoms with Crippen LogP contribution in [0.2, 0.25) is 10.0 Å². The second kappa shape index (κ2) is 7.79. The molecule has 0 spiro atoms. The molecular formula is C15H18Cl2N2O3. The van der Waals surface area contributed by atoms with E-state index < -0.39 is 12.0 Å². The summed E-state index contributed by atoms with van der Waals surface area (Å²) < 4.78 is 5.24. The lowest BCUT2D eigenvalue weighted by atomic mass is 9.89. The van der Waals surface area contributed by atoms with Gasteiger partial charge in [0, 0.05) is 6.20 Å². The van der Waals surface area contributed by atoms with E-state index in [4.69, 9.17) is 27.9 Å². The van der Waals surface area contributed by atoms with Gasteiger partial charge in [-0.05, 0) is 25.8 Å². The van der Waals surface area contributed by atoms with Gasteiger partial charge in [-0.3, -0.25) is 9.59 Å². The minimum Gasteiger partial charge on any atom is -0.452 e. The zero-order valence-corrected chi connectivity index (χ0v) is 13.8. The zero-order chi connectivity index (χ0) is 16.1. The summed E-state index contributed by atoms with van der Waals surface area (Å²) in [7, 11) is 0. The molecule has 2 rings (SSSR count). The molecule has 22 heavy (non-hydrogen) atoms. The fourth-order valence-electron chi connectivity index (χ4n) is 2.39. The van der Waals surface area contributed by atoms with Gasteiger partial charge < -0.3 is 10.1 Å². The standard InChI is InChI=1S/C15H18Cl2N2O3/c1-9(22-15(21)10-5-3-2-4-6-10)14(20)19-13-12(17)7-11(16)8-18-13/h7-10H,2-6H2,1H3,(H,18,19,20)/t9-/m1/s1. The summed E-state index contributed by atoms with van der Waals surface area (Å²) in [5, 5.41) is 3.13. The monoisotopic (exact) mass is 344 g/mol. The van der Waals surface area contributed by atoms with Crippen LogP contribution in [0.15, 0.2) is 12.3 Å².